The lowest BCUT2D eigenvalue weighted by atomic mass is 10.2. The number of hydrogen-bond donors (Lipinski definition) is 3. The molecule has 0 saturated carbocycles. The Morgan fingerprint density at radius 1 is 1.17 bits per heavy atom. The third-order valence-electron chi connectivity index (χ3n) is 1.38. The Labute approximate surface area is 105 Å². The Balaban J connectivity index is 4.77. The van der Waals surface area contributed by atoms with E-state index in [2.05, 4.69) is 12.5 Å². The van der Waals surface area contributed by atoms with Gasteiger partial charge in [0.2, 0.25) is 0 Å². The molecule has 0 fully saturated rings. The van der Waals surface area contributed by atoms with Crippen molar-refractivity contribution in [3.05, 3.63) is 0 Å². The molecule has 0 aromatic heterocycles. The van der Waals surface area contributed by atoms with Crippen molar-refractivity contribution in [1.82, 2.24) is 0 Å². The van der Waals surface area contributed by atoms with Crippen LogP contribution in [0.3, 0.4) is 0 Å². The molecule has 0 aliphatic rings. The van der Waals surface area contributed by atoms with Crippen LogP contribution in [0.4, 0.5) is 0 Å². The lowest BCUT2D eigenvalue weighted by Crippen LogP contribution is -2.36. The summed E-state index contributed by atoms with van der Waals surface area (Å²) in [5, 5.41) is 0. The van der Waals surface area contributed by atoms with E-state index in [9.17, 15) is 21.0 Å². The highest BCUT2D eigenvalue weighted by Gasteiger charge is 2.28. The van der Waals surface area contributed by atoms with Crippen molar-refractivity contribution in [3.8, 4) is 0 Å². The van der Waals surface area contributed by atoms with Crippen LogP contribution in [0.1, 0.15) is 6.92 Å². The van der Waals surface area contributed by atoms with E-state index in [1.165, 1.54) is 0 Å². The molecule has 0 aromatic rings. The van der Waals surface area contributed by atoms with Gasteiger partial charge in [0, 0.05) is 0 Å². The molecule has 3 N–H and O–H groups in total. The zero-order valence-corrected chi connectivity index (χ0v) is 11.1. The molecule has 0 bridgehead atoms. The zero-order chi connectivity index (χ0) is 14.6. The molecule has 0 radical (unpaired) electrons. The molecule has 11 nitrogen and oxygen atoms in total. The molecule has 0 aromatic carbocycles. The third kappa shape index (κ3) is 9.80. The molecule has 0 aliphatic heterocycles. The van der Waals surface area contributed by atoms with Crippen LogP contribution in [0, 0.1) is 0 Å². The summed E-state index contributed by atoms with van der Waals surface area (Å²) in [6.45, 7) is -0.0334. The van der Waals surface area contributed by atoms with Crippen molar-refractivity contribution in [2.45, 2.75) is 19.1 Å². The standard InChI is InChI=1S/C4H10O11S3/c1-3(14-16(5)6)4(15-18(10,11)12)2-13-17(7,8)9/h3-4H,2H2,1H3,(H,5,6)(H,7,8,9)(H,10,11,12). The monoisotopic (exact) mass is 330 g/mol. The Morgan fingerprint density at radius 2 is 1.67 bits per heavy atom. The Kier molecular flexibility index (Phi) is 6.75. The first-order valence-electron chi connectivity index (χ1n) is 3.96. The third-order valence-corrected chi connectivity index (χ3v) is 2.78. The minimum Gasteiger partial charge on any atom is -0.284 e. The van der Waals surface area contributed by atoms with Gasteiger partial charge in [-0.15, -0.1) is 0 Å². The fraction of sp³-hybridized carbons (Fsp3) is 1.00. The maximum absolute atomic E-state index is 10.4. The molecule has 0 aliphatic carbocycles. The molecular weight excluding hydrogens is 320 g/mol. The van der Waals surface area contributed by atoms with Crippen LogP contribution in [0.15, 0.2) is 0 Å². The maximum Gasteiger partial charge on any atom is 0.397 e. The summed E-state index contributed by atoms with van der Waals surface area (Å²) in [5.74, 6) is 0. The lowest BCUT2D eigenvalue weighted by Gasteiger charge is -2.19. The van der Waals surface area contributed by atoms with Crippen LogP contribution in [-0.2, 0) is 44.7 Å². The maximum atomic E-state index is 10.4. The molecule has 18 heavy (non-hydrogen) atoms. The predicted molar refractivity (Wildman–Crippen MR) is 55.2 cm³/mol. The van der Waals surface area contributed by atoms with Crippen molar-refractivity contribution in [2.75, 3.05) is 6.61 Å². The summed E-state index contributed by atoms with van der Waals surface area (Å²) in [6, 6.07) is 0. The highest BCUT2D eigenvalue weighted by Crippen LogP contribution is 2.10. The van der Waals surface area contributed by atoms with Gasteiger partial charge < -0.3 is 0 Å². The molecule has 14 heteroatoms. The lowest BCUT2D eigenvalue weighted by molar-refractivity contribution is 0.0299. The molecule has 0 spiro atoms. The average molecular weight is 330 g/mol. The first-order valence-corrected chi connectivity index (χ1v) is 7.72. The normalized spacial score (nSPS) is 18.2. The predicted octanol–water partition coefficient (Wildman–Crippen LogP) is -1.46. The van der Waals surface area contributed by atoms with Gasteiger partial charge in [0.05, 0.1) is 6.61 Å². The molecule has 110 valence electrons. The second kappa shape index (κ2) is 6.83. The largest absolute Gasteiger partial charge is 0.397 e. The van der Waals surface area contributed by atoms with Crippen LogP contribution in [-0.4, -0.2) is 53.5 Å². The summed E-state index contributed by atoms with van der Waals surface area (Å²) in [5.41, 5.74) is 0. The van der Waals surface area contributed by atoms with Crippen LogP contribution >= 0.6 is 0 Å². The van der Waals surface area contributed by atoms with Gasteiger partial charge >= 0.3 is 32.2 Å². The Morgan fingerprint density at radius 3 is 2.00 bits per heavy atom. The minimum absolute atomic E-state index is 1.04. The van der Waals surface area contributed by atoms with Gasteiger partial charge in [-0.1, -0.05) is 0 Å². The smallest absolute Gasteiger partial charge is 0.284 e. The summed E-state index contributed by atoms with van der Waals surface area (Å²) in [7, 11) is -9.88. The van der Waals surface area contributed by atoms with Crippen molar-refractivity contribution in [1.29, 1.82) is 0 Å². The van der Waals surface area contributed by atoms with Crippen molar-refractivity contribution in [2.24, 2.45) is 0 Å². The highest BCUT2D eigenvalue weighted by atomic mass is 32.3. The van der Waals surface area contributed by atoms with Crippen LogP contribution < -0.4 is 0 Å². The number of rotatable bonds is 8. The van der Waals surface area contributed by atoms with Gasteiger partial charge in [0.1, 0.15) is 12.2 Å². The fourth-order valence-corrected chi connectivity index (χ4v) is 1.96. The Bertz CT molecular complexity index is 476. The first-order chi connectivity index (χ1) is 7.91. The second-order valence-electron chi connectivity index (χ2n) is 2.79. The van der Waals surface area contributed by atoms with Gasteiger partial charge in [-0.2, -0.15) is 21.0 Å². The SMILES string of the molecule is CC(OS(=O)O)C(COS(=O)(=O)O)OS(=O)(=O)O. The Hall–Kier alpha value is -0.190. The minimum atomic E-state index is -4.99. The zero-order valence-electron chi connectivity index (χ0n) is 8.69. The molecule has 3 atom stereocenters. The van der Waals surface area contributed by atoms with E-state index in [1.807, 2.05) is 0 Å². The average Bonchev–Trinajstić information content (AvgIpc) is 2.07. The van der Waals surface area contributed by atoms with Crippen molar-refractivity contribution < 1.29 is 47.3 Å². The van der Waals surface area contributed by atoms with Gasteiger partial charge in [0.25, 0.3) is 0 Å². The summed E-state index contributed by atoms with van der Waals surface area (Å²) >= 11 is -2.79. The topological polar surface area (TPSA) is 174 Å². The summed E-state index contributed by atoms with van der Waals surface area (Å²) < 4.78 is 88.6. The molecule has 0 rings (SSSR count). The van der Waals surface area contributed by atoms with E-state index in [-0.39, 0.29) is 0 Å². The molecule has 3 unspecified atom stereocenters. The van der Waals surface area contributed by atoms with E-state index >= 15 is 0 Å². The van der Waals surface area contributed by atoms with Crippen LogP contribution in [0.2, 0.25) is 0 Å². The van der Waals surface area contributed by atoms with Crippen molar-refractivity contribution >= 4 is 32.2 Å². The number of hydrogen-bond acceptors (Lipinski definition) is 8. The first kappa shape index (κ1) is 17.8. The molecule has 0 amide bonds. The summed E-state index contributed by atoms with van der Waals surface area (Å²) in [6.07, 6.45) is -3.22. The van der Waals surface area contributed by atoms with Gasteiger partial charge in [-0.25, -0.2) is 8.37 Å². The highest BCUT2D eigenvalue weighted by molar-refractivity contribution is 7.81. The molecule has 0 heterocycles. The van der Waals surface area contributed by atoms with E-state index in [0.717, 1.165) is 6.92 Å². The van der Waals surface area contributed by atoms with E-state index in [4.69, 9.17) is 13.7 Å². The quantitative estimate of drug-likeness (QED) is 0.350. The summed E-state index contributed by atoms with van der Waals surface area (Å²) in [4.78, 5) is 0. The van der Waals surface area contributed by atoms with Crippen molar-refractivity contribution in [3.63, 3.8) is 0 Å². The van der Waals surface area contributed by atoms with Crippen LogP contribution in [0.25, 0.3) is 0 Å². The van der Waals surface area contributed by atoms with Gasteiger partial charge in [-0.05, 0) is 6.92 Å². The van der Waals surface area contributed by atoms with E-state index < -0.39 is 51.0 Å². The fourth-order valence-electron chi connectivity index (χ4n) is 0.743. The second-order valence-corrected chi connectivity index (χ2v) is 5.56. The molecule has 0 saturated heterocycles. The molecular formula is C4H10O11S3. The van der Waals surface area contributed by atoms with Crippen LogP contribution in [0.5, 0.6) is 0 Å². The van der Waals surface area contributed by atoms with E-state index in [0.29, 0.717) is 0 Å². The van der Waals surface area contributed by atoms with Gasteiger partial charge in [0.15, 0.2) is 0 Å². The van der Waals surface area contributed by atoms with E-state index in [1.54, 1.807) is 0 Å². The van der Waals surface area contributed by atoms with Gasteiger partial charge in [-0.3, -0.25) is 17.8 Å².